The number of allylic oxidation sites excluding steroid dienone is 2. The second-order valence-corrected chi connectivity index (χ2v) is 7.11. The molecule has 0 spiro atoms. The second-order valence-electron chi connectivity index (χ2n) is 7.11. The lowest BCUT2D eigenvalue weighted by atomic mass is 9.70. The number of carboxylic acids is 1. The fourth-order valence-corrected chi connectivity index (χ4v) is 3.95. The van der Waals surface area contributed by atoms with Crippen molar-refractivity contribution in [3.05, 3.63) is 83.2 Å². The van der Waals surface area contributed by atoms with E-state index in [0.717, 1.165) is 16.9 Å². The number of alkyl halides is 1. The number of hydrogen-bond acceptors (Lipinski definition) is 4. The van der Waals surface area contributed by atoms with Gasteiger partial charge in [0.25, 0.3) is 0 Å². The summed E-state index contributed by atoms with van der Waals surface area (Å²) in [7, 11) is 3.17. The molecule has 158 valence electrons. The smallest absolute Gasteiger partial charge is 0.334 e. The molecule has 2 aromatic rings. The highest BCUT2D eigenvalue weighted by atomic mass is 19.1. The van der Waals surface area contributed by atoms with E-state index in [0.29, 0.717) is 18.7 Å². The van der Waals surface area contributed by atoms with Gasteiger partial charge in [0.05, 0.1) is 25.5 Å². The number of hydrogen-bond donors (Lipinski definition) is 1. The van der Waals surface area contributed by atoms with Crippen LogP contribution in [0.2, 0.25) is 0 Å². The second kappa shape index (κ2) is 9.03. The van der Waals surface area contributed by atoms with Gasteiger partial charge in [0.15, 0.2) is 0 Å². The summed E-state index contributed by atoms with van der Waals surface area (Å²) in [5, 5.41) is 10.1. The van der Waals surface area contributed by atoms with Crippen LogP contribution in [0.5, 0.6) is 11.5 Å². The topological polar surface area (TPSA) is 59.0 Å². The number of aliphatic carboxylic acids is 1. The van der Waals surface area contributed by atoms with Crippen molar-refractivity contribution in [2.75, 3.05) is 20.9 Å². The third kappa shape index (κ3) is 3.90. The van der Waals surface area contributed by atoms with Crippen LogP contribution in [-0.4, -0.2) is 36.9 Å². The Kier molecular flexibility index (Phi) is 6.45. The highest BCUT2D eigenvalue weighted by Crippen LogP contribution is 2.43. The minimum Gasteiger partial charge on any atom is -0.497 e. The average molecular weight is 411 g/mol. The van der Waals surface area contributed by atoms with E-state index < -0.39 is 18.1 Å². The first-order valence-electron chi connectivity index (χ1n) is 9.75. The van der Waals surface area contributed by atoms with Gasteiger partial charge in [-0.15, -0.1) is 0 Å². The largest absolute Gasteiger partial charge is 0.497 e. The fraction of sp³-hybridized carbons (Fsp3) is 0.292. The van der Waals surface area contributed by atoms with Crippen LogP contribution >= 0.6 is 0 Å². The highest BCUT2D eigenvalue weighted by Gasteiger charge is 2.42. The van der Waals surface area contributed by atoms with Gasteiger partial charge in [-0.25, -0.2) is 9.18 Å². The average Bonchev–Trinajstić information content (AvgIpc) is 2.79. The Balaban J connectivity index is 2.04. The van der Waals surface area contributed by atoms with Crippen molar-refractivity contribution in [1.29, 1.82) is 0 Å². The molecule has 0 bridgehead atoms. The van der Waals surface area contributed by atoms with Crippen molar-refractivity contribution in [3.63, 3.8) is 0 Å². The molecule has 0 saturated carbocycles. The molecule has 1 N–H and O–H groups in total. The van der Waals surface area contributed by atoms with E-state index in [1.807, 2.05) is 49.4 Å². The Morgan fingerprint density at radius 1 is 1.03 bits per heavy atom. The third-order valence-electron chi connectivity index (χ3n) is 5.64. The van der Waals surface area contributed by atoms with Gasteiger partial charge in [0.2, 0.25) is 0 Å². The van der Waals surface area contributed by atoms with E-state index in [-0.39, 0.29) is 11.3 Å². The Morgan fingerprint density at radius 3 is 2.07 bits per heavy atom. The van der Waals surface area contributed by atoms with Crippen LogP contribution in [0.25, 0.3) is 0 Å². The van der Waals surface area contributed by atoms with Gasteiger partial charge in [-0.05, 0) is 41.8 Å². The number of methoxy groups -OCH3 is 2. The quantitative estimate of drug-likeness (QED) is 0.683. The van der Waals surface area contributed by atoms with Gasteiger partial charge >= 0.3 is 5.97 Å². The first-order valence-corrected chi connectivity index (χ1v) is 9.75. The Labute approximate surface area is 176 Å². The van der Waals surface area contributed by atoms with Crippen LogP contribution in [0.4, 0.5) is 4.39 Å². The molecule has 6 heteroatoms. The van der Waals surface area contributed by atoms with Crippen molar-refractivity contribution in [1.82, 2.24) is 4.90 Å². The first kappa shape index (κ1) is 21.4. The molecule has 0 amide bonds. The van der Waals surface area contributed by atoms with Crippen molar-refractivity contribution in [3.8, 4) is 11.5 Å². The third-order valence-corrected chi connectivity index (χ3v) is 5.64. The molecule has 3 rings (SSSR count). The first-order chi connectivity index (χ1) is 14.5. The van der Waals surface area contributed by atoms with Crippen LogP contribution in [0.3, 0.4) is 0 Å². The van der Waals surface area contributed by atoms with Crippen molar-refractivity contribution in [2.24, 2.45) is 0 Å². The molecule has 2 aromatic carbocycles. The van der Waals surface area contributed by atoms with Crippen molar-refractivity contribution in [2.45, 2.75) is 25.3 Å². The standard InChI is InChI=1S/C24H26FNO4/c1-4-24(18-7-11-20(30-3)12-8-18)13-14-26(21(15-25)22(24)23(27)28)16-17-5-9-19(29-2)10-6-17/h5-14H,4,15-16H2,1-3H3,(H,27,28). The lowest BCUT2D eigenvalue weighted by Crippen LogP contribution is -2.38. The number of halogens is 1. The summed E-state index contributed by atoms with van der Waals surface area (Å²) in [6.45, 7) is 1.39. The maximum atomic E-state index is 14.2. The summed E-state index contributed by atoms with van der Waals surface area (Å²) in [4.78, 5) is 14.0. The normalized spacial score (nSPS) is 18.5. The van der Waals surface area contributed by atoms with E-state index in [4.69, 9.17) is 9.47 Å². The predicted octanol–water partition coefficient (Wildman–Crippen LogP) is 4.69. The number of ether oxygens (including phenoxy) is 2. The van der Waals surface area contributed by atoms with Gasteiger partial charge in [-0.1, -0.05) is 37.3 Å². The minimum absolute atomic E-state index is 0.0636. The molecule has 1 aliphatic rings. The Hall–Kier alpha value is -3.28. The summed E-state index contributed by atoms with van der Waals surface area (Å²) >= 11 is 0. The van der Waals surface area contributed by atoms with Gasteiger partial charge in [-0.2, -0.15) is 0 Å². The zero-order valence-electron chi connectivity index (χ0n) is 17.4. The number of nitrogens with zero attached hydrogens (tertiary/aromatic N) is 1. The summed E-state index contributed by atoms with van der Waals surface area (Å²) in [5.41, 5.74) is 1.02. The predicted molar refractivity (Wildman–Crippen MR) is 113 cm³/mol. The number of benzene rings is 2. The number of carbonyl (C=O) groups is 1. The number of carboxylic acid groups (broad SMARTS) is 1. The molecule has 30 heavy (non-hydrogen) atoms. The molecular weight excluding hydrogens is 385 g/mol. The van der Waals surface area contributed by atoms with Crippen molar-refractivity contribution >= 4 is 5.97 Å². The van der Waals surface area contributed by atoms with Gasteiger partial charge in [-0.3, -0.25) is 0 Å². The summed E-state index contributed by atoms with van der Waals surface area (Å²) in [6, 6.07) is 14.7. The monoisotopic (exact) mass is 411 g/mol. The molecule has 1 aliphatic heterocycles. The molecule has 5 nitrogen and oxygen atoms in total. The fourth-order valence-electron chi connectivity index (χ4n) is 3.95. The van der Waals surface area contributed by atoms with E-state index in [1.54, 1.807) is 37.5 Å². The molecule has 0 radical (unpaired) electrons. The molecule has 0 aliphatic carbocycles. The molecule has 1 atom stereocenters. The molecular formula is C24H26FNO4. The van der Waals surface area contributed by atoms with Crippen LogP contribution in [-0.2, 0) is 16.8 Å². The number of rotatable bonds is 8. The zero-order valence-corrected chi connectivity index (χ0v) is 17.4. The molecule has 0 fully saturated rings. The molecule has 0 aromatic heterocycles. The molecule has 1 heterocycles. The summed E-state index contributed by atoms with van der Waals surface area (Å²) in [6.07, 6.45) is 4.14. The summed E-state index contributed by atoms with van der Waals surface area (Å²) in [5.74, 6) is 0.284. The lowest BCUT2D eigenvalue weighted by molar-refractivity contribution is -0.133. The highest BCUT2D eigenvalue weighted by molar-refractivity contribution is 5.92. The van der Waals surface area contributed by atoms with Gasteiger partial charge < -0.3 is 19.5 Å². The Bertz CT molecular complexity index is 950. The maximum absolute atomic E-state index is 14.2. The van der Waals surface area contributed by atoms with Crippen molar-refractivity contribution < 1.29 is 23.8 Å². The van der Waals surface area contributed by atoms with Crippen LogP contribution in [0.1, 0.15) is 24.5 Å². The van der Waals surface area contributed by atoms with Crippen LogP contribution in [0.15, 0.2) is 72.1 Å². The van der Waals surface area contributed by atoms with Crippen LogP contribution < -0.4 is 9.47 Å². The molecule has 1 unspecified atom stereocenters. The van der Waals surface area contributed by atoms with Crippen LogP contribution in [0, 0.1) is 0 Å². The lowest BCUT2D eigenvalue weighted by Gasteiger charge is -2.39. The zero-order chi connectivity index (χ0) is 21.7. The maximum Gasteiger partial charge on any atom is 0.334 e. The van der Waals surface area contributed by atoms with E-state index >= 15 is 0 Å². The minimum atomic E-state index is -1.12. The van der Waals surface area contributed by atoms with Gasteiger partial charge in [0, 0.05) is 18.2 Å². The van der Waals surface area contributed by atoms with Gasteiger partial charge in [0.1, 0.15) is 18.2 Å². The van der Waals surface area contributed by atoms with E-state index in [2.05, 4.69) is 0 Å². The van der Waals surface area contributed by atoms with E-state index in [9.17, 15) is 14.3 Å². The Morgan fingerprint density at radius 2 is 1.60 bits per heavy atom. The SMILES string of the molecule is CCC1(c2ccc(OC)cc2)C=CN(Cc2ccc(OC)cc2)C(CF)=C1C(=O)O. The molecule has 0 saturated heterocycles. The summed E-state index contributed by atoms with van der Waals surface area (Å²) < 4.78 is 24.6. The van der Waals surface area contributed by atoms with E-state index in [1.165, 1.54) is 0 Å².